The summed E-state index contributed by atoms with van der Waals surface area (Å²) in [5.41, 5.74) is 5.76. The van der Waals surface area contributed by atoms with Crippen LogP contribution in [-0.4, -0.2) is 43.5 Å². The predicted octanol–water partition coefficient (Wildman–Crippen LogP) is 2.12. The number of methoxy groups -OCH3 is 1. The van der Waals surface area contributed by atoms with Crippen LogP contribution in [0.5, 0.6) is 5.75 Å². The van der Waals surface area contributed by atoms with E-state index in [2.05, 4.69) is 5.32 Å². The number of carbonyl (C=O) groups is 2. The van der Waals surface area contributed by atoms with Gasteiger partial charge in [0, 0.05) is 24.5 Å². The lowest BCUT2D eigenvalue weighted by Gasteiger charge is -2.22. The van der Waals surface area contributed by atoms with Gasteiger partial charge in [-0.1, -0.05) is 25.4 Å². The Morgan fingerprint density at radius 3 is 2.65 bits per heavy atom. The van der Waals surface area contributed by atoms with Crippen molar-refractivity contribution >= 4 is 29.1 Å². The van der Waals surface area contributed by atoms with Gasteiger partial charge in [-0.15, -0.1) is 0 Å². The fourth-order valence-corrected chi connectivity index (χ4v) is 2.39. The summed E-state index contributed by atoms with van der Waals surface area (Å²) in [5, 5.41) is 3.28. The molecule has 0 radical (unpaired) electrons. The fraction of sp³-hybridized carbons (Fsp3) is 0.500. The van der Waals surface area contributed by atoms with Crippen molar-refractivity contribution in [2.24, 2.45) is 11.7 Å². The maximum absolute atomic E-state index is 12.1. The summed E-state index contributed by atoms with van der Waals surface area (Å²) in [5.74, 6) is 0.343. The number of anilines is 1. The van der Waals surface area contributed by atoms with E-state index in [0.29, 0.717) is 35.5 Å². The summed E-state index contributed by atoms with van der Waals surface area (Å²) in [6.45, 7) is 5.40. The minimum Gasteiger partial charge on any atom is -0.495 e. The van der Waals surface area contributed by atoms with Crippen LogP contribution in [0.4, 0.5) is 5.69 Å². The second-order valence-electron chi connectivity index (χ2n) is 5.74. The fourth-order valence-electron chi connectivity index (χ4n) is 2.22. The molecule has 0 fully saturated rings. The lowest BCUT2D eigenvalue weighted by molar-refractivity contribution is -0.120. The number of carbonyl (C=O) groups excluding carboxylic acids is 2. The van der Waals surface area contributed by atoms with E-state index in [0.717, 1.165) is 0 Å². The second-order valence-corrected chi connectivity index (χ2v) is 6.17. The third kappa shape index (κ3) is 7.34. The molecular formula is C16H24ClN3O3. The zero-order valence-corrected chi connectivity index (χ0v) is 14.5. The molecule has 0 aromatic heterocycles. The van der Waals surface area contributed by atoms with Crippen molar-refractivity contribution in [3.05, 3.63) is 23.2 Å². The topological polar surface area (TPSA) is 84.7 Å². The Bertz CT molecular complexity index is 549. The molecule has 0 spiro atoms. The molecule has 0 aliphatic heterocycles. The van der Waals surface area contributed by atoms with Gasteiger partial charge >= 0.3 is 0 Å². The molecule has 0 saturated heterocycles. The zero-order chi connectivity index (χ0) is 17.4. The van der Waals surface area contributed by atoms with Crippen molar-refractivity contribution in [3.63, 3.8) is 0 Å². The Hall–Kier alpha value is -1.79. The number of hydrogen-bond acceptors (Lipinski definition) is 4. The summed E-state index contributed by atoms with van der Waals surface area (Å²) >= 11 is 5.93. The van der Waals surface area contributed by atoms with Crippen LogP contribution < -0.4 is 15.8 Å². The number of nitrogens with one attached hydrogen (secondary N) is 1. The molecule has 128 valence electrons. The van der Waals surface area contributed by atoms with E-state index >= 15 is 0 Å². The SMILES string of the molecule is COc1ccc(Cl)cc1NC(=O)CCN(CC(N)=O)CC(C)C. The quantitative estimate of drug-likeness (QED) is 0.720. The third-order valence-electron chi connectivity index (χ3n) is 3.09. The summed E-state index contributed by atoms with van der Waals surface area (Å²) in [6.07, 6.45) is 0.246. The maximum Gasteiger partial charge on any atom is 0.231 e. The Kier molecular flexibility index (Phi) is 7.85. The molecular weight excluding hydrogens is 318 g/mol. The molecule has 7 heteroatoms. The van der Waals surface area contributed by atoms with Crippen molar-refractivity contribution in [1.29, 1.82) is 0 Å². The summed E-state index contributed by atoms with van der Waals surface area (Å²) < 4.78 is 5.19. The van der Waals surface area contributed by atoms with Crippen LogP contribution in [0.3, 0.4) is 0 Å². The minimum atomic E-state index is -0.400. The number of nitrogens with zero attached hydrogens (tertiary/aromatic N) is 1. The average molecular weight is 342 g/mol. The minimum absolute atomic E-state index is 0.145. The van der Waals surface area contributed by atoms with Gasteiger partial charge in [-0.2, -0.15) is 0 Å². The molecule has 1 rings (SSSR count). The predicted molar refractivity (Wildman–Crippen MR) is 91.7 cm³/mol. The number of halogens is 1. The highest BCUT2D eigenvalue weighted by Gasteiger charge is 2.13. The first kappa shape index (κ1) is 19.3. The highest BCUT2D eigenvalue weighted by atomic mass is 35.5. The van der Waals surface area contributed by atoms with Crippen molar-refractivity contribution < 1.29 is 14.3 Å². The Morgan fingerprint density at radius 2 is 2.09 bits per heavy atom. The van der Waals surface area contributed by atoms with Gasteiger partial charge in [-0.05, 0) is 24.1 Å². The first-order chi connectivity index (χ1) is 10.8. The number of ether oxygens (including phenoxy) is 1. The van der Waals surface area contributed by atoms with E-state index < -0.39 is 5.91 Å². The molecule has 0 heterocycles. The van der Waals surface area contributed by atoms with Gasteiger partial charge in [0.1, 0.15) is 5.75 Å². The van der Waals surface area contributed by atoms with Gasteiger partial charge in [-0.3, -0.25) is 14.5 Å². The molecule has 0 aliphatic rings. The van der Waals surface area contributed by atoms with Crippen LogP contribution in [0.1, 0.15) is 20.3 Å². The number of nitrogens with two attached hydrogens (primary N) is 1. The van der Waals surface area contributed by atoms with Crippen LogP contribution in [0, 0.1) is 5.92 Å². The van der Waals surface area contributed by atoms with Crippen molar-refractivity contribution in [1.82, 2.24) is 4.90 Å². The third-order valence-corrected chi connectivity index (χ3v) is 3.33. The van der Waals surface area contributed by atoms with E-state index in [1.165, 1.54) is 7.11 Å². The van der Waals surface area contributed by atoms with Crippen LogP contribution in [0.15, 0.2) is 18.2 Å². The molecule has 3 N–H and O–H groups in total. The van der Waals surface area contributed by atoms with Gasteiger partial charge in [-0.25, -0.2) is 0 Å². The molecule has 0 aliphatic carbocycles. The summed E-state index contributed by atoms with van der Waals surface area (Å²) in [4.78, 5) is 25.1. The van der Waals surface area contributed by atoms with Gasteiger partial charge in [0.2, 0.25) is 11.8 Å². The molecule has 0 atom stereocenters. The summed E-state index contributed by atoms with van der Waals surface area (Å²) in [7, 11) is 1.52. The van der Waals surface area contributed by atoms with Crippen molar-refractivity contribution in [2.75, 3.05) is 32.1 Å². The number of rotatable bonds is 9. The maximum atomic E-state index is 12.1. The Balaban J connectivity index is 2.61. The number of benzene rings is 1. The first-order valence-corrected chi connectivity index (χ1v) is 7.83. The number of primary amides is 1. The van der Waals surface area contributed by atoms with Crippen LogP contribution in [0.2, 0.25) is 5.02 Å². The van der Waals surface area contributed by atoms with E-state index in [-0.39, 0.29) is 18.9 Å². The Morgan fingerprint density at radius 1 is 1.39 bits per heavy atom. The van der Waals surface area contributed by atoms with Crippen LogP contribution in [0.25, 0.3) is 0 Å². The summed E-state index contributed by atoms with van der Waals surface area (Å²) in [6, 6.07) is 5.01. The molecule has 23 heavy (non-hydrogen) atoms. The van der Waals surface area contributed by atoms with Crippen molar-refractivity contribution in [3.8, 4) is 5.75 Å². The smallest absolute Gasteiger partial charge is 0.231 e. The van der Waals surface area contributed by atoms with Gasteiger partial charge in [0.15, 0.2) is 0 Å². The molecule has 1 aromatic rings. The van der Waals surface area contributed by atoms with Crippen LogP contribution in [-0.2, 0) is 9.59 Å². The lowest BCUT2D eigenvalue weighted by Crippen LogP contribution is -2.38. The molecule has 0 bridgehead atoms. The largest absolute Gasteiger partial charge is 0.495 e. The van der Waals surface area contributed by atoms with E-state index in [4.69, 9.17) is 22.1 Å². The number of amides is 2. The lowest BCUT2D eigenvalue weighted by atomic mass is 10.2. The molecule has 1 aromatic carbocycles. The zero-order valence-electron chi connectivity index (χ0n) is 13.8. The van der Waals surface area contributed by atoms with Crippen LogP contribution >= 0.6 is 11.6 Å². The van der Waals surface area contributed by atoms with Gasteiger partial charge in [0.05, 0.1) is 19.3 Å². The molecule has 0 unspecified atom stereocenters. The molecule has 2 amide bonds. The first-order valence-electron chi connectivity index (χ1n) is 7.46. The average Bonchev–Trinajstić information content (AvgIpc) is 2.44. The van der Waals surface area contributed by atoms with E-state index in [1.54, 1.807) is 18.2 Å². The highest BCUT2D eigenvalue weighted by molar-refractivity contribution is 6.31. The van der Waals surface area contributed by atoms with Gasteiger partial charge in [0.25, 0.3) is 0 Å². The Labute approximate surface area is 141 Å². The van der Waals surface area contributed by atoms with Crippen molar-refractivity contribution in [2.45, 2.75) is 20.3 Å². The van der Waals surface area contributed by atoms with E-state index in [9.17, 15) is 9.59 Å². The number of hydrogen-bond donors (Lipinski definition) is 2. The highest BCUT2D eigenvalue weighted by Crippen LogP contribution is 2.27. The standard InChI is InChI=1S/C16H24ClN3O3/c1-11(2)9-20(10-15(18)21)7-6-16(22)19-13-8-12(17)4-5-14(13)23-3/h4-5,8,11H,6-7,9-10H2,1-3H3,(H2,18,21)(H,19,22). The monoisotopic (exact) mass is 341 g/mol. The van der Waals surface area contributed by atoms with E-state index in [1.807, 2.05) is 18.7 Å². The normalized spacial score (nSPS) is 10.9. The van der Waals surface area contributed by atoms with Gasteiger partial charge < -0.3 is 15.8 Å². The second kappa shape index (κ2) is 9.37. The molecule has 6 nitrogen and oxygen atoms in total. The molecule has 0 saturated carbocycles.